The number of hydrogen-bond acceptors (Lipinski definition) is 3. The first kappa shape index (κ1) is 14.5. The van der Waals surface area contributed by atoms with Crippen molar-refractivity contribution in [3.63, 3.8) is 0 Å². The fourth-order valence-corrected chi connectivity index (χ4v) is 2.56. The van der Waals surface area contributed by atoms with Crippen LogP contribution in [0.2, 0.25) is 0 Å². The van der Waals surface area contributed by atoms with E-state index >= 15 is 0 Å². The minimum atomic E-state index is -0.549. The fourth-order valence-electron chi connectivity index (χ4n) is 2.56. The smallest absolute Gasteiger partial charge is 0.253 e. The number of anilines is 1. The third-order valence-corrected chi connectivity index (χ3v) is 3.49. The molecule has 1 atom stereocenters. The van der Waals surface area contributed by atoms with Gasteiger partial charge in [0.15, 0.2) is 0 Å². The average molecular weight is 276 g/mol. The van der Waals surface area contributed by atoms with Gasteiger partial charge in [0.2, 0.25) is 5.91 Å². The van der Waals surface area contributed by atoms with Crippen LogP contribution in [0.1, 0.15) is 29.8 Å². The highest BCUT2D eigenvalue weighted by atomic mass is 16.3. The van der Waals surface area contributed by atoms with Crippen molar-refractivity contribution in [1.29, 1.82) is 0 Å². The summed E-state index contributed by atoms with van der Waals surface area (Å²) in [7, 11) is 1.67. The molecular weight excluding hydrogens is 256 g/mol. The van der Waals surface area contributed by atoms with Gasteiger partial charge in [0.05, 0.1) is 6.10 Å². The van der Waals surface area contributed by atoms with Crippen LogP contribution in [0.5, 0.6) is 0 Å². The van der Waals surface area contributed by atoms with Crippen LogP contribution in [0.15, 0.2) is 18.2 Å². The van der Waals surface area contributed by atoms with Crippen LogP contribution >= 0.6 is 0 Å². The number of fused-ring (bicyclic) bond motifs is 1. The summed E-state index contributed by atoms with van der Waals surface area (Å²) in [4.78, 5) is 26.9. The lowest BCUT2D eigenvalue weighted by Crippen LogP contribution is -2.33. The molecule has 1 N–H and O–H groups in total. The van der Waals surface area contributed by atoms with Gasteiger partial charge in [-0.2, -0.15) is 0 Å². The predicted molar refractivity (Wildman–Crippen MR) is 76.8 cm³/mol. The van der Waals surface area contributed by atoms with Crippen LogP contribution in [0, 0.1) is 0 Å². The highest BCUT2D eigenvalue weighted by Gasteiger charge is 2.23. The highest BCUT2D eigenvalue weighted by molar-refractivity contribution is 5.97. The second-order valence-electron chi connectivity index (χ2n) is 5.30. The second kappa shape index (κ2) is 5.63. The van der Waals surface area contributed by atoms with Crippen molar-refractivity contribution in [2.75, 3.05) is 25.0 Å². The van der Waals surface area contributed by atoms with Gasteiger partial charge in [-0.05, 0) is 37.1 Å². The maximum Gasteiger partial charge on any atom is 0.253 e. The maximum absolute atomic E-state index is 12.2. The number of amides is 2. The van der Waals surface area contributed by atoms with E-state index in [0.717, 1.165) is 17.7 Å². The van der Waals surface area contributed by atoms with Gasteiger partial charge in [0.1, 0.15) is 0 Å². The van der Waals surface area contributed by atoms with Gasteiger partial charge in [-0.3, -0.25) is 9.59 Å². The zero-order chi connectivity index (χ0) is 14.9. The van der Waals surface area contributed by atoms with E-state index in [1.54, 1.807) is 31.9 Å². The Balaban J connectivity index is 2.20. The van der Waals surface area contributed by atoms with Crippen molar-refractivity contribution in [2.45, 2.75) is 26.4 Å². The van der Waals surface area contributed by atoms with Crippen LogP contribution in [0.3, 0.4) is 0 Å². The van der Waals surface area contributed by atoms with Crippen molar-refractivity contribution in [2.24, 2.45) is 0 Å². The molecule has 0 radical (unpaired) electrons. The standard InChI is InChI=1S/C15H20N2O3/c1-10(18)9-16(3)15(20)13-4-5-14-12(8-13)6-7-17(14)11(2)19/h4-5,8,10,18H,6-7,9H2,1-3H3. The number of nitrogens with zero attached hydrogens (tertiary/aromatic N) is 2. The van der Waals surface area contributed by atoms with Crippen molar-refractivity contribution >= 4 is 17.5 Å². The molecule has 1 unspecified atom stereocenters. The third kappa shape index (κ3) is 2.82. The van der Waals surface area contributed by atoms with Crippen LogP contribution in [-0.2, 0) is 11.2 Å². The summed E-state index contributed by atoms with van der Waals surface area (Å²) in [5, 5.41) is 9.33. The molecule has 1 heterocycles. The molecule has 0 saturated carbocycles. The quantitative estimate of drug-likeness (QED) is 0.897. The lowest BCUT2D eigenvalue weighted by Gasteiger charge is -2.19. The third-order valence-electron chi connectivity index (χ3n) is 3.49. The van der Waals surface area contributed by atoms with Gasteiger partial charge in [-0.1, -0.05) is 0 Å². The largest absolute Gasteiger partial charge is 0.392 e. The molecule has 1 aliphatic rings. The van der Waals surface area contributed by atoms with Crippen molar-refractivity contribution in [3.05, 3.63) is 29.3 Å². The Labute approximate surface area is 118 Å². The minimum absolute atomic E-state index is 0.0223. The Morgan fingerprint density at radius 2 is 2.15 bits per heavy atom. The Kier molecular flexibility index (Phi) is 4.09. The number of carbonyl (C=O) groups is 2. The number of carbonyl (C=O) groups excluding carboxylic acids is 2. The van der Waals surface area contributed by atoms with Gasteiger partial charge in [-0.25, -0.2) is 0 Å². The molecule has 108 valence electrons. The van der Waals surface area contributed by atoms with E-state index in [1.165, 1.54) is 4.90 Å². The zero-order valence-electron chi connectivity index (χ0n) is 12.1. The number of likely N-dealkylation sites (N-methyl/N-ethyl adjacent to an activating group) is 1. The van der Waals surface area contributed by atoms with E-state index in [0.29, 0.717) is 18.7 Å². The molecule has 1 aromatic carbocycles. The first-order chi connectivity index (χ1) is 9.40. The number of benzene rings is 1. The van der Waals surface area contributed by atoms with Crippen LogP contribution in [0.4, 0.5) is 5.69 Å². The molecule has 1 aromatic rings. The summed E-state index contributed by atoms with van der Waals surface area (Å²) in [6.45, 7) is 4.17. The summed E-state index contributed by atoms with van der Waals surface area (Å²) in [5.74, 6) is -0.0935. The summed E-state index contributed by atoms with van der Waals surface area (Å²) in [5.41, 5.74) is 2.51. The Hall–Kier alpha value is -1.88. The fraction of sp³-hybridized carbons (Fsp3) is 0.467. The van der Waals surface area contributed by atoms with Gasteiger partial charge < -0.3 is 14.9 Å². The maximum atomic E-state index is 12.2. The molecule has 0 spiro atoms. The number of aliphatic hydroxyl groups is 1. The zero-order valence-corrected chi connectivity index (χ0v) is 12.1. The predicted octanol–water partition coefficient (Wildman–Crippen LogP) is 1.05. The highest BCUT2D eigenvalue weighted by Crippen LogP contribution is 2.29. The lowest BCUT2D eigenvalue weighted by molar-refractivity contribution is -0.116. The first-order valence-electron chi connectivity index (χ1n) is 6.74. The van der Waals surface area contributed by atoms with Crippen molar-refractivity contribution in [1.82, 2.24) is 4.90 Å². The molecule has 0 saturated heterocycles. The molecule has 0 aliphatic carbocycles. The van der Waals surface area contributed by atoms with E-state index in [4.69, 9.17) is 0 Å². The molecule has 5 nitrogen and oxygen atoms in total. The Bertz CT molecular complexity index is 540. The van der Waals surface area contributed by atoms with Gasteiger partial charge in [-0.15, -0.1) is 0 Å². The molecule has 5 heteroatoms. The summed E-state index contributed by atoms with van der Waals surface area (Å²) in [6.07, 6.45) is 0.224. The molecule has 0 fully saturated rings. The van der Waals surface area contributed by atoms with E-state index in [9.17, 15) is 14.7 Å². The summed E-state index contributed by atoms with van der Waals surface area (Å²) in [6, 6.07) is 5.41. The normalized spacial score (nSPS) is 14.9. The van der Waals surface area contributed by atoms with Crippen LogP contribution in [-0.4, -0.2) is 48.1 Å². The molecule has 2 rings (SSSR count). The average Bonchev–Trinajstić information content (AvgIpc) is 2.79. The molecular formula is C15H20N2O3. The minimum Gasteiger partial charge on any atom is -0.392 e. The molecule has 2 amide bonds. The van der Waals surface area contributed by atoms with Gasteiger partial charge in [0, 0.05) is 38.3 Å². The summed E-state index contributed by atoms with van der Waals surface area (Å²) < 4.78 is 0. The molecule has 20 heavy (non-hydrogen) atoms. The number of rotatable bonds is 3. The Morgan fingerprint density at radius 3 is 2.75 bits per heavy atom. The number of aliphatic hydroxyl groups excluding tert-OH is 1. The topological polar surface area (TPSA) is 60.9 Å². The van der Waals surface area contributed by atoms with E-state index < -0.39 is 6.10 Å². The molecule has 0 aromatic heterocycles. The lowest BCUT2D eigenvalue weighted by atomic mass is 10.1. The Morgan fingerprint density at radius 1 is 1.45 bits per heavy atom. The number of hydrogen-bond donors (Lipinski definition) is 1. The molecule has 1 aliphatic heterocycles. The van der Waals surface area contributed by atoms with Gasteiger partial charge in [0.25, 0.3) is 5.91 Å². The van der Waals surface area contributed by atoms with Crippen LogP contribution in [0.25, 0.3) is 0 Å². The first-order valence-corrected chi connectivity index (χ1v) is 6.74. The van der Waals surface area contributed by atoms with Crippen molar-refractivity contribution < 1.29 is 14.7 Å². The van der Waals surface area contributed by atoms with Crippen LogP contribution < -0.4 is 4.90 Å². The van der Waals surface area contributed by atoms with E-state index in [2.05, 4.69) is 0 Å². The van der Waals surface area contributed by atoms with Gasteiger partial charge >= 0.3 is 0 Å². The second-order valence-corrected chi connectivity index (χ2v) is 5.30. The SMILES string of the molecule is CC(=O)N1CCc2cc(C(=O)N(C)CC(C)O)ccc21. The summed E-state index contributed by atoms with van der Waals surface area (Å²) >= 11 is 0. The van der Waals surface area contributed by atoms with E-state index in [1.807, 2.05) is 12.1 Å². The monoisotopic (exact) mass is 276 g/mol. The molecule has 0 bridgehead atoms. The van der Waals surface area contributed by atoms with E-state index in [-0.39, 0.29) is 11.8 Å². The van der Waals surface area contributed by atoms with Crippen molar-refractivity contribution in [3.8, 4) is 0 Å².